The van der Waals surface area contributed by atoms with Gasteiger partial charge in [0, 0.05) is 12.1 Å². The largest absolute Gasteiger partial charge is 0.328 e. The fourth-order valence-electron chi connectivity index (χ4n) is 1.56. The molecule has 3 heteroatoms. The van der Waals surface area contributed by atoms with Gasteiger partial charge in [-0.3, -0.25) is 0 Å². The summed E-state index contributed by atoms with van der Waals surface area (Å²) in [5, 5.41) is 0. The summed E-state index contributed by atoms with van der Waals surface area (Å²) in [6.45, 7) is 5.57. The van der Waals surface area contributed by atoms with E-state index < -0.39 is 11.6 Å². The van der Waals surface area contributed by atoms with Crippen molar-refractivity contribution in [2.75, 3.05) is 0 Å². The highest BCUT2D eigenvalue weighted by molar-refractivity contribution is 5.29. The molecule has 0 radical (unpaired) electrons. The predicted molar refractivity (Wildman–Crippen MR) is 57.8 cm³/mol. The molecule has 0 fully saturated rings. The van der Waals surface area contributed by atoms with Crippen LogP contribution >= 0.6 is 0 Å². The Hall–Kier alpha value is -0.960. The van der Waals surface area contributed by atoms with Crippen molar-refractivity contribution < 1.29 is 8.78 Å². The first-order chi connectivity index (χ1) is 6.91. The first-order valence-corrected chi connectivity index (χ1v) is 5.15. The molecule has 15 heavy (non-hydrogen) atoms. The van der Waals surface area contributed by atoms with E-state index in [0.29, 0.717) is 17.5 Å². The molecule has 2 N–H and O–H groups in total. The molecule has 0 saturated heterocycles. The quantitative estimate of drug-likeness (QED) is 0.820. The first kappa shape index (κ1) is 12.1. The minimum Gasteiger partial charge on any atom is -0.328 e. The van der Waals surface area contributed by atoms with Crippen LogP contribution < -0.4 is 5.73 Å². The van der Waals surface area contributed by atoms with Gasteiger partial charge in [0.05, 0.1) is 0 Å². The van der Waals surface area contributed by atoms with Crippen LogP contribution in [0.5, 0.6) is 0 Å². The fraction of sp³-hybridized carbons (Fsp3) is 0.500. The van der Waals surface area contributed by atoms with Gasteiger partial charge in [0.2, 0.25) is 0 Å². The molecule has 0 aliphatic rings. The molecule has 1 nitrogen and oxygen atoms in total. The van der Waals surface area contributed by atoms with E-state index in [0.717, 1.165) is 6.07 Å². The Labute approximate surface area is 89.3 Å². The van der Waals surface area contributed by atoms with Gasteiger partial charge in [-0.25, -0.2) is 8.78 Å². The number of hydrogen-bond donors (Lipinski definition) is 1. The zero-order chi connectivity index (χ0) is 11.6. The fourth-order valence-corrected chi connectivity index (χ4v) is 1.56. The maximum Gasteiger partial charge on any atom is 0.129 e. The average Bonchev–Trinajstić information content (AvgIpc) is 2.08. The molecule has 1 atom stereocenters. The van der Waals surface area contributed by atoms with Crippen molar-refractivity contribution in [3.05, 3.63) is 34.9 Å². The minimum absolute atomic E-state index is 0.0532. The summed E-state index contributed by atoms with van der Waals surface area (Å²) < 4.78 is 26.7. The predicted octanol–water partition coefficient (Wildman–Crippen LogP) is 2.98. The van der Waals surface area contributed by atoms with E-state index in [9.17, 15) is 8.78 Å². The Morgan fingerprint density at radius 1 is 1.13 bits per heavy atom. The summed E-state index contributed by atoms with van der Waals surface area (Å²) in [5.74, 6) is -0.928. The SMILES string of the molecule is CC(N)Cc1cc(C(C)C)c(F)cc1F. The van der Waals surface area contributed by atoms with Crippen molar-refractivity contribution in [1.82, 2.24) is 0 Å². The lowest BCUT2D eigenvalue weighted by molar-refractivity contribution is 0.550. The molecule has 84 valence electrons. The van der Waals surface area contributed by atoms with Crippen LogP contribution in [0.2, 0.25) is 0 Å². The summed E-state index contributed by atoms with van der Waals surface area (Å²) in [5.41, 5.74) is 6.64. The van der Waals surface area contributed by atoms with Crippen LogP contribution in [-0.2, 0) is 6.42 Å². The standard InChI is InChI=1S/C12H17F2N/c1-7(2)10-5-9(4-8(3)15)11(13)6-12(10)14/h5-8H,4,15H2,1-3H3. The molecule has 1 unspecified atom stereocenters. The summed E-state index contributed by atoms with van der Waals surface area (Å²) in [6, 6.07) is 2.41. The van der Waals surface area contributed by atoms with Crippen LogP contribution in [0, 0.1) is 11.6 Å². The zero-order valence-corrected chi connectivity index (χ0v) is 9.35. The molecule has 1 aromatic rings. The van der Waals surface area contributed by atoms with Gasteiger partial charge in [0.1, 0.15) is 11.6 Å². The van der Waals surface area contributed by atoms with Crippen molar-refractivity contribution in [2.45, 2.75) is 39.2 Å². The van der Waals surface area contributed by atoms with Gasteiger partial charge in [0.25, 0.3) is 0 Å². The minimum atomic E-state index is -0.505. The number of hydrogen-bond acceptors (Lipinski definition) is 1. The van der Waals surface area contributed by atoms with E-state index in [4.69, 9.17) is 5.73 Å². The monoisotopic (exact) mass is 213 g/mol. The third kappa shape index (κ3) is 2.99. The van der Waals surface area contributed by atoms with E-state index in [-0.39, 0.29) is 12.0 Å². The summed E-state index contributed by atoms with van der Waals surface area (Å²) >= 11 is 0. The van der Waals surface area contributed by atoms with E-state index in [1.165, 1.54) is 0 Å². The second-order valence-electron chi connectivity index (χ2n) is 4.30. The molecule has 0 spiro atoms. The van der Waals surface area contributed by atoms with Crippen LogP contribution in [0.25, 0.3) is 0 Å². The molecule has 1 rings (SSSR count). The second-order valence-corrected chi connectivity index (χ2v) is 4.30. The molecule has 0 aliphatic carbocycles. The summed E-state index contributed by atoms with van der Waals surface area (Å²) in [4.78, 5) is 0. The van der Waals surface area contributed by atoms with Crippen molar-refractivity contribution >= 4 is 0 Å². The maximum atomic E-state index is 13.4. The van der Waals surface area contributed by atoms with Gasteiger partial charge in [0.15, 0.2) is 0 Å². The van der Waals surface area contributed by atoms with Gasteiger partial charge in [-0.1, -0.05) is 13.8 Å². The van der Waals surface area contributed by atoms with Gasteiger partial charge >= 0.3 is 0 Å². The number of halogens is 2. The molecular weight excluding hydrogens is 196 g/mol. The maximum absolute atomic E-state index is 13.4. The van der Waals surface area contributed by atoms with Crippen molar-refractivity contribution in [1.29, 1.82) is 0 Å². The van der Waals surface area contributed by atoms with Crippen molar-refractivity contribution in [3.63, 3.8) is 0 Å². The normalized spacial score (nSPS) is 13.3. The Bertz CT molecular complexity index is 346. The number of benzene rings is 1. The van der Waals surface area contributed by atoms with Crippen molar-refractivity contribution in [3.8, 4) is 0 Å². The van der Waals surface area contributed by atoms with Gasteiger partial charge in [-0.2, -0.15) is 0 Å². The second kappa shape index (κ2) is 4.71. The third-order valence-corrected chi connectivity index (χ3v) is 2.33. The number of nitrogens with two attached hydrogens (primary N) is 1. The Morgan fingerprint density at radius 3 is 2.20 bits per heavy atom. The van der Waals surface area contributed by atoms with Crippen LogP contribution in [0.15, 0.2) is 12.1 Å². The highest BCUT2D eigenvalue weighted by Crippen LogP contribution is 2.22. The van der Waals surface area contributed by atoms with Gasteiger partial charge in [-0.15, -0.1) is 0 Å². The first-order valence-electron chi connectivity index (χ1n) is 5.15. The highest BCUT2D eigenvalue weighted by Gasteiger charge is 2.13. The molecular formula is C12H17F2N. The topological polar surface area (TPSA) is 26.0 Å². The van der Waals surface area contributed by atoms with E-state index in [1.807, 2.05) is 13.8 Å². The molecule has 0 aromatic heterocycles. The lowest BCUT2D eigenvalue weighted by Crippen LogP contribution is -2.19. The third-order valence-electron chi connectivity index (χ3n) is 2.33. The van der Waals surface area contributed by atoms with Crippen LogP contribution in [-0.4, -0.2) is 6.04 Å². The van der Waals surface area contributed by atoms with Crippen LogP contribution in [0.4, 0.5) is 8.78 Å². The molecule has 0 aliphatic heterocycles. The zero-order valence-electron chi connectivity index (χ0n) is 9.35. The van der Waals surface area contributed by atoms with Crippen LogP contribution in [0.3, 0.4) is 0 Å². The Morgan fingerprint density at radius 2 is 1.73 bits per heavy atom. The summed E-state index contributed by atoms with van der Waals surface area (Å²) in [7, 11) is 0. The molecule has 1 aromatic carbocycles. The molecule has 0 heterocycles. The van der Waals surface area contributed by atoms with E-state index in [2.05, 4.69) is 0 Å². The molecule has 0 amide bonds. The lowest BCUT2D eigenvalue weighted by Gasteiger charge is -2.12. The molecule has 0 bridgehead atoms. The highest BCUT2D eigenvalue weighted by atomic mass is 19.1. The van der Waals surface area contributed by atoms with Gasteiger partial charge < -0.3 is 5.73 Å². The smallest absolute Gasteiger partial charge is 0.129 e. The van der Waals surface area contributed by atoms with Gasteiger partial charge in [-0.05, 0) is 36.5 Å². The molecule has 0 saturated carbocycles. The Kier molecular flexibility index (Phi) is 3.80. The van der Waals surface area contributed by atoms with E-state index in [1.54, 1.807) is 13.0 Å². The van der Waals surface area contributed by atoms with Crippen molar-refractivity contribution in [2.24, 2.45) is 5.73 Å². The average molecular weight is 213 g/mol. The Balaban J connectivity index is 3.11. The van der Waals surface area contributed by atoms with E-state index >= 15 is 0 Å². The summed E-state index contributed by atoms with van der Waals surface area (Å²) in [6.07, 6.45) is 0.436. The number of rotatable bonds is 3. The van der Waals surface area contributed by atoms with Crippen LogP contribution in [0.1, 0.15) is 37.8 Å². The lowest BCUT2D eigenvalue weighted by atomic mass is 9.97.